The highest BCUT2D eigenvalue weighted by Gasteiger charge is 2.10. The first-order chi connectivity index (χ1) is 7.20. The van der Waals surface area contributed by atoms with Crippen LogP contribution < -0.4 is 0 Å². The van der Waals surface area contributed by atoms with E-state index in [0.29, 0.717) is 4.77 Å². The third-order valence-corrected chi connectivity index (χ3v) is 3.12. The van der Waals surface area contributed by atoms with Crippen molar-refractivity contribution in [1.82, 2.24) is 9.55 Å². The van der Waals surface area contributed by atoms with Crippen LogP contribution in [0.25, 0.3) is 0 Å². The van der Waals surface area contributed by atoms with Gasteiger partial charge in [0.05, 0.1) is 6.04 Å². The molecule has 0 spiro atoms. The molecule has 0 aliphatic carbocycles. The second kappa shape index (κ2) is 4.21. The van der Waals surface area contributed by atoms with Crippen molar-refractivity contribution in [2.24, 2.45) is 0 Å². The van der Waals surface area contributed by atoms with Gasteiger partial charge in [0.2, 0.25) is 0 Å². The molecular weight excluding hydrogens is 228 g/mol. The molecule has 1 N–H and O–H groups in total. The van der Waals surface area contributed by atoms with Gasteiger partial charge >= 0.3 is 0 Å². The topological polar surface area (TPSA) is 20.7 Å². The van der Waals surface area contributed by atoms with Gasteiger partial charge in [-0.15, -0.1) is 0 Å². The first-order valence-electron chi connectivity index (χ1n) is 4.70. The molecule has 0 aliphatic heterocycles. The van der Waals surface area contributed by atoms with Gasteiger partial charge in [0.1, 0.15) is 0 Å². The highest BCUT2D eigenvalue weighted by molar-refractivity contribution is 7.71. The van der Waals surface area contributed by atoms with E-state index in [-0.39, 0.29) is 6.04 Å². The number of H-pyrrole nitrogens is 1. The number of hydrogen-bond acceptors (Lipinski definition) is 1. The standard InChI is InChI=1S/C11H11ClN2S/c1-8(14-7-6-13-11(14)15)9-4-2-3-5-10(9)12/h2-8H,1H3,(H,13,15). The van der Waals surface area contributed by atoms with Gasteiger partial charge in [-0.3, -0.25) is 0 Å². The zero-order chi connectivity index (χ0) is 10.8. The summed E-state index contributed by atoms with van der Waals surface area (Å²) in [5.74, 6) is 0. The van der Waals surface area contributed by atoms with E-state index in [9.17, 15) is 0 Å². The van der Waals surface area contributed by atoms with Gasteiger partial charge in [0.25, 0.3) is 0 Å². The van der Waals surface area contributed by atoms with E-state index in [1.54, 1.807) is 0 Å². The lowest BCUT2D eigenvalue weighted by Crippen LogP contribution is -2.06. The maximum Gasteiger partial charge on any atom is 0.177 e. The summed E-state index contributed by atoms with van der Waals surface area (Å²) in [6, 6.07) is 7.96. The van der Waals surface area contributed by atoms with E-state index in [2.05, 4.69) is 11.9 Å². The number of nitrogens with zero attached hydrogens (tertiary/aromatic N) is 1. The van der Waals surface area contributed by atoms with E-state index in [1.165, 1.54) is 0 Å². The maximum atomic E-state index is 6.13. The largest absolute Gasteiger partial charge is 0.337 e. The number of hydrogen-bond donors (Lipinski definition) is 1. The molecule has 1 unspecified atom stereocenters. The SMILES string of the molecule is CC(c1ccccc1Cl)n1cc[nH]c1=S. The van der Waals surface area contributed by atoms with Crippen LogP contribution in [0.1, 0.15) is 18.5 Å². The van der Waals surface area contributed by atoms with E-state index in [0.717, 1.165) is 10.6 Å². The Kier molecular flexibility index (Phi) is 2.93. The van der Waals surface area contributed by atoms with Crippen LogP contribution in [-0.2, 0) is 0 Å². The lowest BCUT2D eigenvalue weighted by molar-refractivity contribution is 0.630. The molecule has 2 nitrogen and oxygen atoms in total. The molecule has 2 rings (SSSR count). The molecule has 0 saturated heterocycles. The molecule has 4 heteroatoms. The van der Waals surface area contributed by atoms with E-state index < -0.39 is 0 Å². The Balaban J connectivity index is 2.45. The molecule has 0 saturated carbocycles. The van der Waals surface area contributed by atoms with Crippen LogP contribution in [0.2, 0.25) is 5.02 Å². The van der Waals surface area contributed by atoms with Crippen LogP contribution in [0.3, 0.4) is 0 Å². The van der Waals surface area contributed by atoms with Crippen molar-refractivity contribution in [3.05, 3.63) is 52.0 Å². The minimum atomic E-state index is 0.150. The Morgan fingerprint density at radius 3 is 2.73 bits per heavy atom. The lowest BCUT2D eigenvalue weighted by Gasteiger charge is -2.14. The summed E-state index contributed by atoms with van der Waals surface area (Å²) in [7, 11) is 0. The van der Waals surface area contributed by atoms with Gasteiger partial charge in [0.15, 0.2) is 4.77 Å². The number of halogens is 1. The Labute approximate surface area is 98.5 Å². The number of imidazole rings is 1. The highest BCUT2D eigenvalue weighted by atomic mass is 35.5. The second-order valence-electron chi connectivity index (χ2n) is 3.37. The first-order valence-corrected chi connectivity index (χ1v) is 5.48. The zero-order valence-electron chi connectivity index (χ0n) is 8.27. The normalized spacial score (nSPS) is 12.7. The number of aromatic nitrogens is 2. The zero-order valence-corrected chi connectivity index (χ0v) is 9.85. The summed E-state index contributed by atoms with van der Waals surface area (Å²) in [5.41, 5.74) is 1.08. The van der Waals surface area contributed by atoms with Crippen molar-refractivity contribution in [1.29, 1.82) is 0 Å². The van der Waals surface area contributed by atoms with Crippen molar-refractivity contribution in [2.75, 3.05) is 0 Å². The molecule has 2 aromatic rings. The Bertz CT molecular complexity index is 515. The van der Waals surface area contributed by atoms with E-state index in [4.69, 9.17) is 23.8 Å². The summed E-state index contributed by atoms with van der Waals surface area (Å²) >= 11 is 11.3. The Morgan fingerprint density at radius 1 is 1.40 bits per heavy atom. The van der Waals surface area contributed by atoms with Gasteiger partial charge in [-0.05, 0) is 30.8 Å². The average Bonchev–Trinajstić information content (AvgIpc) is 2.64. The minimum absolute atomic E-state index is 0.150. The molecule has 1 heterocycles. The summed E-state index contributed by atoms with van der Waals surface area (Å²) in [4.78, 5) is 2.97. The summed E-state index contributed by atoms with van der Waals surface area (Å²) in [6.45, 7) is 2.07. The number of nitrogens with one attached hydrogen (secondary N) is 1. The predicted molar refractivity (Wildman–Crippen MR) is 64.9 cm³/mol. The molecule has 78 valence electrons. The fourth-order valence-corrected chi connectivity index (χ4v) is 2.18. The van der Waals surface area contributed by atoms with Crippen LogP contribution in [0.5, 0.6) is 0 Å². The predicted octanol–water partition coefficient (Wildman–Crippen LogP) is 3.81. The van der Waals surface area contributed by atoms with Crippen molar-refractivity contribution >= 4 is 23.8 Å². The van der Waals surface area contributed by atoms with Gasteiger partial charge in [-0.1, -0.05) is 29.8 Å². The maximum absolute atomic E-state index is 6.13. The van der Waals surface area contributed by atoms with Crippen LogP contribution in [0, 0.1) is 4.77 Å². The molecule has 0 amide bonds. The molecule has 15 heavy (non-hydrogen) atoms. The summed E-state index contributed by atoms with van der Waals surface area (Å²) in [6.07, 6.45) is 3.76. The third kappa shape index (κ3) is 1.98. The molecule has 0 aliphatic rings. The molecule has 0 fully saturated rings. The summed E-state index contributed by atoms with van der Waals surface area (Å²) in [5, 5.41) is 0.771. The van der Waals surface area contributed by atoms with Crippen LogP contribution in [-0.4, -0.2) is 9.55 Å². The van der Waals surface area contributed by atoms with Crippen molar-refractivity contribution < 1.29 is 0 Å². The number of aromatic amines is 1. The van der Waals surface area contributed by atoms with Gasteiger partial charge in [0, 0.05) is 17.4 Å². The third-order valence-electron chi connectivity index (χ3n) is 2.45. The van der Waals surface area contributed by atoms with E-state index >= 15 is 0 Å². The second-order valence-corrected chi connectivity index (χ2v) is 4.16. The van der Waals surface area contributed by atoms with Crippen molar-refractivity contribution in [2.45, 2.75) is 13.0 Å². The highest BCUT2D eigenvalue weighted by Crippen LogP contribution is 2.25. The first kappa shape index (κ1) is 10.5. The monoisotopic (exact) mass is 238 g/mol. The van der Waals surface area contributed by atoms with Gasteiger partial charge < -0.3 is 9.55 Å². The minimum Gasteiger partial charge on any atom is -0.337 e. The summed E-state index contributed by atoms with van der Waals surface area (Å²) < 4.78 is 2.69. The molecular formula is C11H11ClN2S. The van der Waals surface area contributed by atoms with Crippen LogP contribution in [0.4, 0.5) is 0 Å². The van der Waals surface area contributed by atoms with Crippen molar-refractivity contribution in [3.63, 3.8) is 0 Å². The Morgan fingerprint density at radius 2 is 2.13 bits per heavy atom. The molecule has 0 radical (unpaired) electrons. The van der Waals surface area contributed by atoms with Crippen molar-refractivity contribution in [3.8, 4) is 0 Å². The average molecular weight is 239 g/mol. The van der Waals surface area contributed by atoms with Gasteiger partial charge in [-0.2, -0.15) is 0 Å². The molecule has 1 aromatic carbocycles. The fourth-order valence-electron chi connectivity index (χ4n) is 1.60. The van der Waals surface area contributed by atoms with Gasteiger partial charge in [-0.25, -0.2) is 0 Å². The fraction of sp³-hybridized carbons (Fsp3) is 0.182. The van der Waals surface area contributed by atoms with E-state index in [1.807, 2.05) is 41.2 Å². The number of rotatable bonds is 2. The van der Waals surface area contributed by atoms with Crippen LogP contribution >= 0.6 is 23.8 Å². The lowest BCUT2D eigenvalue weighted by atomic mass is 10.1. The molecule has 0 bridgehead atoms. The molecule has 1 atom stereocenters. The number of benzene rings is 1. The smallest absolute Gasteiger partial charge is 0.177 e. The Hall–Kier alpha value is -1.06. The van der Waals surface area contributed by atoms with Crippen LogP contribution in [0.15, 0.2) is 36.7 Å². The molecule has 1 aromatic heterocycles. The quantitative estimate of drug-likeness (QED) is 0.790.